The summed E-state index contributed by atoms with van der Waals surface area (Å²) in [6.07, 6.45) is 1.97. The molecule has 0 bridgehead atoms. The molecule has 0 aromatic rings. The summed E-state index contributed by atoms with van der Waals surface area (Å²) in [5, 5.41) is 0. The van der Waals surface area contributed by atoms with Crippen molar-refractivity contribution in [2.24, 2.45) is 11.3 Å². The van der Waals surface area contributed by atoms with E-state index in [-0.39, 0.29) is 23.1 Å². The average molecular weight is 210 g/mol. The summed E-state index contributed by atoms with van der Waals surface area (Å²) in [6.45, 7) is 7.86. The van der Waals surface area contributed by atoms with Gasteiger partial charge in [0.15, 0.2) is 5.78 Å². The summed E-state index contributed by atoms with van der Waals surface area (Å²) in [4.78, 5) is 23.1. The monoisotopic (exact) mass is 210 g/mol. The molecule has 0 aromatic heterocycles. The van der Waals surface area contributed by atoms with Crippen LogP contribution in [-0.2, 0) is 14.3 Å². The van der Waals surface area contributed by atoms with Gasteiger partial charge in [0, 0.05) is 6.42 Å². The van der Waals surface area contributed by atoms with Crippen LogP contribution >= 0.6 is 0 Å². The van der Waals surface area contributed by atoms with Crippen LogP contribution in [0.25, 0.3) is 0 Å². The minimum atomic E-state index is -0.331. The molecule has 3 heteroatoms. The number of esters is 1. The van der Waals surface area contributed by atoms with Gasteiger partial charge in [-0.05, 0) is 25.3 Å². The molecule has 1 unspecified atom stereocenters. The highest BCUT2D eigenvalue weighted by atomic mass is 16.5. The van der Waals surface area contributed by atoms with Crippen LogP contribution in [0.2, 0.25) is 0 Å². The zero-order chi connectivity index (χ0) is 11.6. The number of rotatable bonds is 2. The zero-order valence-corrected chi connectivity index (χ0v) is 9.79. The lowest BCUT2D eigenvalue weighted by atomic mass is 9.68. The molecule has 0 amide bonds. The molecule has 15 heavy (non-hydrogen) atoms. The Kier molecular flexibility index (Phi) is 3.32. The Morgan fingerprint density at radius 1 is 1.60 bits per heavy atom. The second-order valence-corrected chi connectivity index (χ2v) is 4.71. The van der Waals surface area contributed by atoms with Crippen molar-refractivity contribution < 1.29 is 14.3 Å². The van der Waals surface area contributed by atoms with Gasteiger partial charge in [-0.2, -0.15) is 0 Å². The van der Waals surface area contributed by atoms with Crippen LogP contribution < -0.4 is 0 Å². The van der Waals surface area contributed by atoms with Gasteiger partial charge in [0.1, 0.15) is 0 Å². The van der Waals surface area contributed by atoms with Crippen molar-refractivity contribution in [2.45, 2.75) is 34.1 Å². The molecule has 0 heterocycles. The zero-order valence-electron chi connectivity index (χ0n) is 9.79. The van der Waals surface area contributed by atoms with Crippen molar-refractivity contribution in [1.29, 1.82) is 0 Å². The predicted molar refractivity (Wildman–Crippen MR) is 57.3 cm³/mol. The Morgan fingerprint density at radius 3 is 2.67 bits per heavy atom. The van der Waals surface area contributed by atoms with Crippen molar-refractivity contribution >= 4 is 11.8 Å². The molecule has 0 aliphatic heterocycles. The highest BCUT2D eigenvalue weighted by Crippen LogP contribution is 2.40. The fourth-order valence-electron chi connectivity index (χ4n) is 2.29. The summed E-state index contributed by atoms with van der Waals surface area (Å²) in [7, 11) is 0. The van der Waals surface area contributed by atoms with Gasteiger partial charge in [0.2, 0.25) is 0 Å². The van der Waals surface area contributed by atoms with Gasteiger partial charge in [-0.25, -0.2) is 0 Å². The smallest absolute Gasteiger partial charge is 0.313 e. The van der Waals surface area contributed by atoms with E-state index < -0.39 is 0 Å². The van der Waals surface area contributed by atoms with Crippen molar-refractivity contribution in [3.05, 3.63) is 11.6 Å². The highest BCUT2D eigenvalue weighted by molar-refractivity contribution is 5.94. The fraction of sp³-hybridized carbons (Fsp3) is 0.667. The van der Waals surface area contributed by atoms with Crippen LogP contribution in [0.4, 0.5) is 0 Å². The first-order chi connectivity index (χ1) is 6.88. The Balaban J connectivity index is 2.98. The largest absolute Gasteiger partial charge is 0.466 e. The van der Waals surface area contributed by atoms with Crippen molar-refractivity contribution in [3.8, 4) is 0 Å². The van der Waals surface area contributed by atoms with Crippen molar-refractivity contribution in [1.82, 2.24) is 0 Å². The lowest BCUT2D eigenvalue weighted by Crippen LogP contribution is -2.38. The standard InChI is InChI=1S/C12H18O3/c1-5-15-11(14)10-8(2)6-9(13)7-12(10,3)4/h6,10H,5,7H2,1-4H3. The number of carbonyl (C=O) groups excluding carboxylic acids is 2. The molecule has 3 nitrogen and oxygen atoms in total. The van der Waals surface area contributed by atoms with Gasteiger partial charge >= 0.3 is 5.97 Å². The Labute approximate surface area is 90.5 Å². The third-order valence-corrected chi connectivity index (χ3v) is 2.78. The van der Waals surface area contributed by atoms with Crippen molar-refractivity contribution in [2.75, 3.05) is 6.61 Å². The van der Waals surface area contributed by atoms with Crippen LogP contribution in [0, 0.1) is 11.3 Å². The first-order valence-electron chi connectivity index (χ1n) is 5.26. The number of hydrogen-bond acceptors (Lipinski definition) is 3. The molecule has 0 radical (unpaired) electrons. The van der Waals surface area contributed by atoms with E-state index >= 15 is 0 Å². The average Bonchev–Trinajstić information content (AvgIpc) is 1.99. The molecule has 1 aliphatic rings. The molecule has 0 spiro atoms. The van der Waals surface area contributed by atoms with E-state index in [1.165, 1.54) is 0 Å². The van der Waals surface area contributed by atoms with E-state index in [4.69, 9.17) is 4.74 Å². The lowest BCUT2D eigenvalue weighted by Gasteiger charge is -2.35. The molecular formula is C12H18O3. The maximum Gasteiger partial charge on any atom is 0.313 e. The molecule has 84 valence electrons. The Morgan fingerprint density at radius 2 is 2.20 bits per heavy atom. The van der Waals surface area contributed by atoms with Crippen LogP contribution in [-0.4, -0.2) is 18.4 Å². The summed E-state index contributed by atoms with van der Waals surface area (Å²) < 4.78 is 5.03. The van der Waals surface area contributed by atoms with E-state index in [0.717, 1.165) is 5.57 Å². The number of ether oxygens (including phenoxy) is 1. The van der Waals surface area contributed by atoms with Gasteiger partial charge in [-0.3, -0.25) is 9.59 Å². The molecule has 1 atom stereocenters. The lowest BCUT2D eigenvalue weighted by molar-refractivity contribution is -0.151. The van der Waals surface area contributed by atoms with E-state index in [0.29, 0.717) is 13.0 Å². The fourth-order valence-corrected chi connectivity index (χ4v) is 2.29. The number of ketones is 1. The molecule has 0 saturated carbocycles. The van der Waals surface area contributed by atoms with Gasteiger partial charge in [-0.15, -0.1) is 0 Å². The van der Waals surface area contributed by atoms with Gasteiger partial charge in [0.05, 0.1) is 12.5 Å². The molecule has 0 aromatic carbocycles. The van der Waals surface area contributed by atoms with Gasteiger partial charge < -0.3 is 4.74 Å². The van der Waals surface area contributed by atoms with E-state index in [9.17, 15) is 9.59 Å². The second kappa shape index (κ2) is 4.17. The minimum Gasteiger partial charge on any atom is -0.466 e. The molecule has 1 aliphatic carbocycles. The molecular weight excluding hydrogens is 192 g/mol. The number of carbonyl (C=O) groups is 2. The van der Waals surface area contributed by atoms with Crippen molar-refractivity contribution in [3.63, 3.8) is 0 Å². The minimum absolute atomic E-state index is 0.0954. The summed E-state index contributed by atoms with van der Waals surface area (Å²) in [6, 6.07) is 0. The molecule has 1 rings (SSSR count). The van der Waals surface area contributed by atoms with Gasteiger partial charge in [-0.1, -0.05) is 19.4 Å². The van der Waals surface area contributed by atoms with E-state index in [1.807, 2.05) is 20.8 Å². The van der Waals surface area contributed by atoms with E-state index in [2.05, 4.69) is 0 Å². The first-order valence-corrected chi connectivity index (χ1v) is 5.26. The van der Waals surface area contributed by atoms with Crippen LogP contribution in [0.1, 0.15) is 34.1 Å². The second-order valence-electron chi connectivity index (χ2n) is 4.71. The maximum absolute atomic E-state index is 11.8. The number of hydrogen-bond donors (Lipinski definition) is 0. The topological polar surface area (TPSA) is 43.4 Å². The van der Waals surface area contributed by atoms with Crippen LogP contribution in [0.15, 0.2) is 11.6 Å². The van der Waals surface area contributed by atoms with Crippen LogP contribution in [0.5, 0.6) is 0 Å². The summed E-state index contributed by atoms with van der Waals surface area (Å²) in [5.41, 5.74) is 0.483. The summed E-state index contributed by atoms with van der Waals surface area (Å²) in [5.74, 6) is -0.406. The predicted octanol–water partition coefficient (Wildman–Crippen LogP) is 2.11. The quantitative estimate of drug-likeness (QED) is 0.656. The third-order valence-electron chi connectivity index (χ3n) is 2.78. The van der Waals surface area contributed by atoms with E-state index in [1.54, 1.807) is 13.0 Å². The third kappa shape index (κ3) is 2.46. The Hall–Kier alpha value is -1.12. The molecule has 0 saturated heterocycles. The summed E-state index contributed by atoms with van der Waals surface area (Å²) >= 11 is 0. The molecule has 0 N–H and O–H groups in total. The normalized spacial score (nSPS) is 24.7. The molecule has 0 fully saturated rings. The highest BCUT2D eigenvalue weighted by Gasteiger charge is 2.41. The number of allylic oxidation sites excluding steroid dienone is 1. The first kappa shape index (κ1) is 12.0. The SMILES string of the molecule is CCOC(=O)C1C(C)=CC(=O)CC1(C)C. The van der Waals surface area contributed by atoms with Crippen LogP contribution in [0.3, 0.4) is 0 Å². The van der Waals surface area contributed by atoms with Gasteiger partial charge in [0.25, 0.3) is 0 Å². The Bertz CT molecular complexity index is 313. The maximum atomic E-state index is 11.8.